The molecular weight excluding hydrogens is 317 g/mol. The van der Waals surface area contributed by atoms with Gasteiger partial charge >= 0.3 is 0 Å². The van der Waals surface area contributed by atoms with Gasteiger partial charge in [-0.25, -0.2) is 13.2 Å². The third-order valence-electron chi connectivity index (χ3n) is 4.16. The van der Waals surface area contributed by atoms with E-state index in [9.17, 15) is 13.2 Å². The molecule has 1 aliphatic heterocycles. The lowest BCUT2D eigenvalue weighted by molar-refractivity contribution is -0.206. The fourth-order valence-corrected chi connectivity index (χ4v) is 2.89. The van der Waals surface area contributed by atoms with Crippen molar-refractivity contribution in [2.45, 2.75) is 26.1 Å². The van der Waals surface area contributed by atoms with Crippen LogP contribution in [0.5, 0.6) is 0 Å². The van der Waals surface area contributed by atoms with Crippen molar-refractivity contribution in [2.24, 2.45) is 5.92 Å². The normalized spacial score (nSPS) is 21.0. The third-order valence-corrected chi connectivity index (χ3v) is 4.16. The molecular formula is C19H19F3O2. The third kappa shape index (κ3) is 3.62. The van der Waals surface area contributed by atoms with Gasteiger partial charge in [-0.15, -0.1) is 0 Å². The average molecular weight is 336 g/mol. The van der Waals surface area contributed by atoms with Gasteiger partial charge in [0.15, 0.2) is 17.9 Å². The zero-order valence-corrected chi connectivity index (χ0v) is 13.4. The van der Waals surface area contributed by atoms with Crippen molar-refractivity contribution >= 4 is 0 Å². The second kappa shape index (κ2) is 7.36. The number of hydrogen-bond acceptors (Lipinski definition) is 2. The first kappa shape index (κ1) is 17.0. The molecule has 0 amide bonds. The van der Waals surface area contributed by atoms with Crippen molar-refractivity contribution in [3.05, 3.63) is 59.4 Å². The maximum Gasteiger partial charge on any atom is 0.183 e. The van der Waals surface area contributed by atoms with Crippen LogP contribution in [0, 0.1) is 23.4 Å². The first-order valence-electron chi connectivity index (χ1n) is 8.06. The molecule has 0 spiro atoms. The summed E-state index contributed by atoms with van der Waals surface area (Å²) in [5.74, 6) is -2.11. The molecule has 128 valence electrons. The minimum atomic E-state index is -1.00. The van der Waals surface area contributed by atoms with Gasteiger partial charge in [-0.05, 0) is 30.2 Å². The molecule has 0 aromatic heterocycles. The number of ether oxygens (including phenoxy) is 2. The molecule has 24 heavy (non-hydrogen) atoms. The van der Waals surface area contributed by atoms with E-state index >= 15 is 0 Å². The molecule has 0 unspecified atom stereocenters. The van der Waals surface area contributed by atoms with Crippen molar-refractivity contribution < 1.29 is 22.6 Å². The summed E-state index contributed by atoms with van der Waals surface area (Å²) in [6, 6.07) is 7.85. The highest BCUT2D eigenvalue weighted by Crippen LogP contribution is 2.31. The Morgan fingerprint density at radius 2 is 1.67 bits per heavy atom. The van der Waals surface area contributed by atoms with E-state index in [1.807, 2.05) is 0 Å². The Balaban J connectivity index is 1.76. The second-order valence-electron chi connectivity index (χ2n) is 6.02. The Bertz CT molecular complexity index is 710. The molecule has 5 heteroatoms. The van der Waals surface area contributed by atoms with Gasteiger partial charge in [0, 0.05) is 17.0 Å². The van der Waals surface area contributed by atoms with Crippen molar-refractivity contribution in [2.75, 3.05) is 13.2 Å². The van der Waals surface area contributed by atoms with Crippen LogP contribution >= 0.6 is 0 Å². The van der Waals surface area contributed by atoms with Crippen molar-refractivity contribution in [3.8, 4) is 11.1 Å². The predicted molar refractivity (Wildman–Crippen MR) is 84.8 cm³/mol. The minimum Gasteiger partial charge on any atom is -0.348 e. The van der Waals surface area contributed by atoms with Gasteiger partial charge in [0.2, 0.25) is 0 Å². The molecule has 0 N–H and O–H groups in total. The van der Waals surface area contributed by atoms with Crippen LogP contribution < -0.4 is 0 Å². The lowest BCUT2D eigenvalue weighted by atomic mass is 10.0. The molecule has 3 rings (SSSR count). The highest BCUT2D eigenvalue weighted by Gasteiger charge is 2.24. The molecule has 0 saturated carbocycles. The van der Waals surface area contributed by atoms with Crippen molar-refractivity contribution in [1.82, 2.24) is 0 Å². The number of benzene rings is 2. The van der Waals surface area contributed by atoms with Gasteiger partial charge in [0.25, 0.3) is 0 Å². The average Bonchev–Trinajstić information content (AvgIpc) is 2.58. The second-order valence-corrected chi connectivity index (χ2v) is 6.02. The van der Waals surface area contributed by atoms with Crippen molar-refractivity contribution in [1.29, 1.82) is 0 Å². The standard InChI is InChI=1S/C19H19F3O2/c1-2-3-12-10-23-19(24-11-12)14-4-6-15(17(21)9-14)13-5-7-16(20)18(22)8-13/h4-9,12,19H,2-3,10-11H2,1H3. The molecule has 1 saturated heterocycles. The van der Waals surface area contributed by atoms with E-state index in [0.29, 0.717) is 24.7 Å². The maximum atomic E-state index is 14.4. The lowest BCUT2D eigenvalue weighted by Gasteiger charge is -2.29. The number of hydrogen-bond donors (Lipinski definition) is 0. The molecule has 0 aliphatic carbocycles. The summed E-state index contributed by atoms with van der Waals surface area (Å²) in [4.78, 5) is 0. The summed E-state index contributed by atoms with van der Waals surface area (Å²) in [5, 5.41) is 0. The molecule has 1 heterocycles. The van der Waals surface area contributed by atoms with E-state index < -0.39 is 23.7 Å². The zero-order valence-electron chi connectivity index (χ0n) is 13.4. The number of halogens is 3. The number of rotatable bonds is 4. The predicted octanol–water partition coefficient (Wildman–Crippen LogP) is 5.23. The SMILES string of the molecule is CCCC1COC(c2ccc(-c3ccc(F)c(F)c3)c(F)c2)OC1. The zero-order chi connectivity index (χ0) is 17.1. The van der Waals surface area contributed by atoms with Crippen LogP contribution in [0.1, 0.15) is 31.6 Å². The largest absolute Gasteiger partial charge is 0.348 e. The molecule has 0 bridgehead atoms. The topological polar surface area (TPSA) is 18.5 Å². The monoisotopic (exact) mass is 336 g/mol. The highest BCUT2D eigenvalue weighted by atomic mass is 19.2. The molecule has 0 radical (unpaired) electrons. The summed E-state index contributed by atoms with van der Waals surface area (Å²) in [6.45, 7) is 3.29. The molecule has 2 aromatic carbocycles. The molecule has 0 atom stereocenters. The minimum absolute atomic E-state index is 0.206. The van der Waals surface area contributed by atoms with Crippen molar-refractivity contribution in [3.63, 3.8) is 0 Å². The van der Waals surface area contributed by atoms with Crippen LogP contribution in [0.4, 0.5) is 13.2 Å². The Morgan fingerprint density at radius 3 is 2.29 bits per heavy atom. The van der Waals surface area contributed by atoms with Gasteiger partial charge in [0.05, 0.1) is 13.2 Å². The first-order valence-corrected chi connectivity index (χ1v) is 8.06. The Hall–Kier alpha value is -1.85. The van der Waals surface area contributed by atoms with Crippen LogP contribution in [0.2, 0.25) is 0 Å². The highest BCUT2D eigenvalue weighted by molar-refractivity contribution is 5.64. The quantitative estimate of drug-likeness (QED) is 0.761. The smallest absolute Gasteiger partial charge is 0.183 e. The van der Waals surface area contributed by atoms with E-state index in [2.05, 4.69) is 6.92 Å². The summed E-state index contributed by atoms with van der Waals surface area (Å²) in [6.07, 6.45) is 1.52. The Kier molecular flexibility index (Phi) is 5.21. The molecule has 2 aromatic rings. The maximum absolute atomic E-state index is 14.4. The van der Waals surface area contributed by atoms with Crippen LogP contribution in [0.15, 0.2) is 36.4 Å². The first-order chi connectivity index (χ1) is 11.6. The summed E-state index contributed by atoms with van der Waals surface area (Å²) in [5.41, 5.74) is 1.07. The van der Waals surface area contributed by atoms with E-state index in [4.69, 9.17) is 9.47 Å². The van der Waals surface area contributed by atoms with Crippen LogP contribution in [0.3, 0.4) is 0 Å². The van der Waals surface area contributed by atoms with Gasteiger partial charge in [0.1, 0.15) is 5.82 Å². The Labute approximate surface area is 139 Å². The molecule has 2 nitrogen and oxygen atoms in total. The van der Waals surface area contributed by atoms with E-state index in [1.54, 1.807) is 6.07 Å². The van der Waals surface area contributed by atoms with E-state index in [-0.39, 0.29) is 11.1 Å². The van der Waals surface area contributed by atoms with Gasteiger partial charge in [-0.3, -0.25) is 0 Å². The van der Waals surface area contributed by atoms with Crippen LogP contribution in [-0.4, -0.2) is 13.2 Å². The fourth-order valence-electron chi connectivity index (χ4n) is 2.89. The molecule has 1 fully saturated rings. The summed E-state index contributed by atoms with van der Waals surface area (Å²) in [7, 11) is 0. The summed E-state index contributed by atoms with van der Waals surface area (Å²) >= 11 is 0. The fraction of sp³-hybridized carbons (Fsp3) is 0.368. The summed E-state index contributed by atoms with van der Waals surface area (Å²) < 4.78 is 52.1. The Morgan fingerprint density at radius 1 is 0.917 bits per heavy atom. The van der Waals surface area contributed by atoms with Gasteiger partial charge in [-0.1, -0.05) is 31.5 Å². The van der Waals surface area contributed by atoms with Crippen LogP contribution in [-0.2, 0) is 9.47 Å². The van der Waals surface area contributed by atoms with Gasteiger partial charge in [-0.2, -0.15) is 0 Å². The van der Waals surface area contributed by atoms with E-state index in [0.717, 1.165) is 25.0 Å². The van der Waals surface area contributed by atoms with Gasteiger partial charge < -0.3 is 9.47 Å². The van der Waals surface area contributed by atoms with E-state index in [1.165, 1.54) is 18.2 Å². The lowest BCUT2D eigenvalue weighted by Crippen LogP contribution is -2.27. The van der Waals surface area contributed by atoms with Crippen LogP contribution in [0.25, 0.3) is 11.1 Å². The molecule has 1 aliphatic rings.